The third-order valence-electron chi connectivity index (χ3n) is 3.83. The molecule has 0 unspecified atom stereocenters. The molecule has 0 atom stereocenters. The first-order valence-corrected chi connectivity index (χ1v) is 9.80. The number of benzene rings is 1. The molecule has 116 valence electrons. The molecule has 6 heteroatoms. The van der Waals surface area contributed by atoms with Gasteiger partial charge < -0.3 is 0 Å². The molecule has 0 N–H and O–H groups in total. The molecule has 0 aliphatic heterocycles. The highest BCUT2D eigenvalue weighted by Gasteiger charge is 2.31. The third-order valence-corrected chi connectivity index (χ3v) is 7.60. The zero-order chi connectivity index (χ0) is 15.6. The van der Waals surface area contributed by atoms with Crippen LogP contribution in [0, 0.1) is 0 Å². The highest BCUT2D eigenvalue weighted by Crippen LogP contribution is 2.37. The van der Waals surface area contributed by atoms with Gasteiger partial charge in [0.15, 0.2) is 0 Å². The van der Waals surface area contributed by atoms with E-state index in [1.54, 1.807) is 7.05 Å². The number of hydrogen-bond donors (Lipinski definition) is 0. The molecule has 1 aromatic carbocycles. The van der Waals surface area contributed by atoms with Crippen LogP contribution in [0.25, 0.3) is 10.1 Å². The molecule has 3 nitrogen and oxygen atoms in total. The first-order chi connectivity index (χ1) is 9.97. The predicted octanol–water partition coefficient (Wildman–Crippen LogP) is 4.45. The molecule has 0 bridgehead atoms. The minimum atomic E-state index is -3.53. The number of rotatable bonds is 6. The number of thiophene rings is 1. The lowest BCUT2D eigenvalue weighted by Gasteiger charge is -2.25. The Kier molecular flexibility index (Phi) is 5.30. The maximum atomic E-state index is 13.0. The first-order valence-electron chi connectivity index (χ1n) is 7.01. The summed E-state index contributed by atoms with van der Waals surface area (Å²) in [5, 5.41) is 0.774. The Morgan fingerprint density at radius 2 is 1.86 bits per heavy atom. The molecule has 0 aliphatic rings. The SMILES string of the molecule is CCC(CC)N(C)S(=O)(=O)c1c(CCl)sc2ccccc12. The Morgan fingerprint density at radius 1 is 1.24 bits per heavy atom. The average molecular weight is 346 g/mol. The highest BCUT2D eigenvalue weighted by atomic mass is 35.5. The van der Waals surface area contributed by atoms with Gasteiger partial charge >= 0.3 is 0 Å². The molecule has 21 heavy (non-hydrogen) atoms. The molecule has 0 saturated carbocycles. The van der Waals surface area contributed by atoms with Crippen molar-refractivity contribution in [3.8, 4) is 0 Å². The molecular weight excluding hydrogens is 326 g/mol. The maximum absolute atomic E-state index is 13.0. The van der Waals surface area contributed by atoms with Crippen molar-refractivity contribution in [2.45, 2.75) is 43.5 Å². The van der Waals surface area contributed by atoms with Crippen molar-refractivity contribution in [3.05, 3.63) is 29.1 Å². The number of hydrogen-bond acceptors (Lipinski definition) is 3. The fraction of sp³-hybridized carbons (Fsp3) is 0.467. The van der Waals surface area contributed by atoms with Gasteiger partial charge in [0.1, 0.15) is 4.90 Å². The van der Waals surface area contributed by atoms with Gasteiger partial charge in [-0.1, -0.05) is 32.0 Å². The Balaban J connectivity index is 2.64. The van der Waals surface area contributed by atoms with Crippen molar-refractivity contribution >= 4 is 43.0 Å². The lowest BCUT2D eigenvalue weighted by Crippen LogP contribution is -2.36. The average Bonchev–Trinajstić information content (AvgIpc) is 2.87. The van der Waals surface area contributed by atoms with Gasteiger partial charge in [-0.15, -0.1) is 22.9 Å². The zero-order valence-corrected chi connectivity index (χ0v) is 14.9. The Hall–Kier alpha value is -0.620. The Labute approximate surface area is 135 Å². The van der Waals surface area contributed by atoms with Gasteiger partial charge in [0.25, 0.3) is 0 Å². The minimum Gasteiger partial charge on any atom is -0.207 e. The first kappa shape index (κ1) is 16.7. The molecule has 0 spiro atoms. The summed E-state index contributed by atoms with van der Waals surface area (Å²) in [6.45, 7) is 4.02. The lowest BCUT2D eigenvalue weighted by atomic mass is 10.2. The number of sulfonamides is 1. The van der Waals surface area contributed by atoms with Gasteiger partial charge in [0.2, 0.25) is 10.0 Å². The molecular formula is C15H20ClNO2S2. The fourth-order valence-electron chi connectivity index (χ4n) is 2.59. The molecule has 0 radical (unpaired) electrons. The number of alkyl halides is 1. The summed E-state index contributed by atoms with van der Waals surface area (Å²) in [5.74, 6) is 0.213. The monoisotopic (exact) mass is 345 g/mol. The van der Waals surface area contributed by atoms with Crippen molar-refractivity contribution in [1.82, 2.24) is 4.31 Å². The van der Waals surface area contributed by atoms with Gasteiger partial charge in [0.05, 0.1) is 5.88 Å². The van der Waals surface area contributed by atoms with Crippen LogP contribution in [-0.4, -0.2) is 25.8 Å². The van der Waals surface area contributed by atoms with Gasteiger partial charge in [-0.2, -0.15) is 4.31 Å². The van der Waals surface area contributed by atoms with Crippen molar-refractivity contribution in [2.75, 3.05) is 7.05 Å². The largest absolute Gasteiger partial charge is 0.244 e. The van der Waals surface area contributed by atoms with E-state index in [0.717, 1.165) is 27.8 Å². The van der Waals surface area contributed by atoms with Crippen LogP contribution in [0.5, 0.6) is 0 Å². The maximum Gasteiger partial charge on any atom is 0.244 e. The van der Waals surface area contributed by atoms with E-state index < -0.39 is 10.0 Å². The normalized spacial score (nSPS) is 12.7. The van der Waals surface area contributed by atoms with Crippen LogP contribution in [0.1, 0.15) is 31.6 Å². The molecule has 1 heterocycles. The molecule has 1 aromatic heterocycles. The van der Waals surface area contributed by atoms with E-state index in [1.807, 2.05) is 38.1 Å². The van der Waals surface area contributed by atoms with Gasteiger partial charge in [-0.05, 0) is 18.9 Å². The quantitative estimate of drug-likeness (QED) is 0.725. The van der Waals surface area contributed by atoms with Crippen LogP contribution >= 0.6 is 22.9 Å². The standard InChI is InChI=1S/C15H20ClNO2S2/c1-4-11(5-2)17(3)21(18,19)15-12-8-6-7-9-13(12)20-14(15)10-16/h6-9,11H,4-5,10H2,1-3H3. The second-order valence-electron chi connectivity index (χ2n) is 4.98. The Bertz CT molecular complexity index is 720. The van der Waals surface area contributed by atoms with Gasteiger partial charge in [-0.3, -0.25) is 0 Å². The van der Waals surface area contributed by atoms with E-state index in [4.69, 9.17) is 11.6 Å². The highest BCUT2D eigenvalue weighted by molar-refractivity contribution is 7.89. The molecule has 2 rings (SSSR count). The molecule has 0 saturated heterocycles. The van der Waals surface area contributed by atoms with Gasteiger partial charge in [0, 0.05) is 28.1 Å². The van der Waals surface area contributed by atoms with Crippen molar-refractivity contribution in [2.24, 2.45) is 0 Å². The van der Waals surface area contributed by atoms with Crippen LogP contribution in [0.4, 0.5) is 0 Å². The summed E-state index contributed by atoms with van der Waals surface area (Å²) >= 11 is 7.45. The summed E-state index contributed by atoms with van der Waals surface area (Å²) in [6, 6.07) is 7.58. The Morgan fingerprint density at radius 3 is 2.43 bits per heavy atom. The predicted molar refractivity (Wildman–Crippen MR) is 90.7 cm³/mol. The summed E-state index contributed by atoms with van der Waals surface area (Å²) in [6.07, 6.45) is 1.59. The van der Waals surface area contributed by atoms with Crippen LogP contribution in [0.3, 0.4) is 0 Å². The fourth-order valence-corrected chi connectivity index (χ4v) is 6.21. The summed E-state index contributed by atoms with van der Waals surface area (Å²) in [5.41, 5.74) is 0. The molecule has 2 aromatic rings. The van der Waals surface area contributed by atoms with Crippen molar-refractivity contribution < 1.29 is 8.42 Å². The zero-order valence-electron chi connectivity index (χ0n) is 12.5. The molecule has 0 aliphatic carbocycles. The second-order valence-corrected chi connectivity index (χ2v) is 8.31. The number of halogens is 1. The third kappa shape index (κ3) is 2.97. The summed E-state index contributed by atoms with van der Waals surface area (Å²) < 4.78 is 28.5. The van der Waals surface area contributed by atoms with E-state index in [9.17, 15) is 8.42 Å². The van der Waals surface area contributed by atoms with Crippen molar-refractivity contribution in [1.29, 1.82) is 0 Å². The van der Waals surface area contributed by atoms with E-state index in [1.165, 1.54) is 15.6 Å². The second kappa shape index (κ2) is 6.65. The lowest BCUT2D eigenvalue weighted by molar-refractivity contribution is 0.350. The smallest absolute Gasteiger partial charge is 0.207 e. The van der Waals surface area contributed by atoms with E-state index in [-0.39, 0.29) is 11.9 Å². The molecule has 0 fully saturated rings. The summed E-state index contributed by atoms with van der Waals surface area (Å²) in [7, 11) is -1.86. The van der Waals surface area contributed by atoms with E-state index in [2.05, 4.69) is 0 Å². The van der Waals surface area contributed by atoms with Crippen molar-refractivity contribution in [3.63, 3.8) is 0 Å². The summed E-state index contributed by atoms with van der Waals surface area (Å²) in [4.78, 5) is 1.10. The van der Waals surface area contributed by atoms with Crippen LogP contribution in [0.15, 0.2) is 29.2 Å². The van der Waals surface area contributed by atoms with Gasteiger partial charge in [-0.25, -0.2) is 8.42 Å². The molecule has 0 amide bonds. The number of fused-ring (bicyclic) bond motifs is 1. The van der Waals surface area contributed by atoms with Crippen LogP contribution in [0.2, 0.25) is 0 Å². The van der Waals surface area contributed by atoms with E-state index in [0.29, 0.717) is 4.90 Å². The minimum absolute atomic E-state index is 0.0110. The van der Waals surface area contributed by atoms with E-state index >= 15 is 0 Å². The van der Waals surface area contributed by atoms with Crippen LogP contribution in [-0.2, 0) is 15.9 Å². The van der Waals surface area contributed by atoms with Crippen LogP contribution < -0.4 is 0 Å². The topological polar surface area (TPSA) is 37.4 Å². The number of nitrogens with zero attached hydrogens (tertiary/aromatic N) is 1.